The van der Waals surface area contributed by atoms with Crippen molar-refractivity contribution in [1.29, 1.82) is 0 Å². The highest BCUT2D eigenvalue weighted by Gasteiger charge is 2.27. The number of amides is 1. The number of ether oxygens (including phenoxy) is 3. The van der Waals surface area contributed by atoms with E-state index in [0.717, 1.165) is 11.3 Å². The van der Waals surface area contributed by atoms with Crippen molar-refractivity contribution >= 4 is 39.9 Å². The Kier molecular flexibility index (Phi) is 7.26. The second-order valence-corrected chi connectivity index (χ2v) is 6.58. The third-order valence-electron chi connectivity index (χ3n) is 3.67. The van der Waals surface area contributed by atoms with E-state index in [1.165, 1.54) is 31.4 Å². The van der Waals surface area contributed by atoms with Gasteiger partial charge < -0.3 is 19.5 Å². The molecule has 2 rings (SSSR count). The van der Waals surface area contributed by atoms with E-state index in [1.54, 1.807) is 13.8 Å². The topological polar surface area (TPSA) is 134 Å². The molecular formula is C18H18N2O8S. The van der Waals surface area contributed by atoms with Gasteiger partial charge in [0, 0.05) is 12.1 Å². The van der Waals surface area contributed by atoms with Crippen molar-refractivity contribution in [3.05, 3.63) is 50.4 Å². The number of esters is 2. The van der Waals surface area contributed by atoms with E-state index in [0.29, 0.717) is 5.56 Å². The van der Waals surface area contributed by atoms with E-state index in [9.17, 15) is 24.5 Å². The Morgan fingerprint density at radius 2 is 1.83 bits per heavy atom. The van der Waals surface area contributed by atoms with Gasteiger partial charge in [0.25, 0.3) is 11.6 Å². The quantitative estimate of drug-likeness (QED) is 0.390. The molecule has 0 saturated carbocycles. The van der Waals surface area contributed by atoms with Crippen LogP contribution in [0.4, 0.5) is 10.7 Å². The molecule has 0 aliphatic heterocycles. The Balaban J connectivity index is 2.14. The van der Waals surface area contributed by atoms with Crippen molar-refractivity contribution in [1.82, 2.24) is 0 Å². The molecule has 10 nitrogen and oxygen atoms in total. The molecule has 0 aliphatic rings. The van der Waals surface area contributed by atoms with Crippen LogP contribution in [0, 0.1) is 17.0 Å². The standard InChI is InChI=1S/C18H18N2O8S/c1-4-27-17(22)14-10(2)15(18(23)26-3)29-16(14)19-13(21)9-28-12-7-5-11(6-8-12)20(24)25/h5-8H,4,9H2,1-3H3,(H,19,21). The minimum absolute atomic E-state index is 0.0703. The maximum atomic E-state index is 12.3. The first kappa shape index (κ1) is 21.8. The summed E-state index contributed by atoms with van der Waals surface area (Å²) in [6.45, 7) is 2.90. The first-order valence-corrected chi connectivity index (χ1v) is 9.16. The van der Waals surface area contributed by atoms with Crippen LogP contribution in [-0.4, -0.2) is 43.1 Å². The molecule has 1 aromatic heterocycles. The van der Waals surface area contributed by atoms with Crippen molar-refractivity contribution in [2.24, 2.45) is 0 Å². The zero-order chi connectivity index (χ0) is 21.6. The Morgan fingerprint density at radius 3 is 2.38 bits per heavy atom. The lowest BCUT2D eigenvalue weighted by atomic mass is 10.1. The highest BCUT2D eigenvalue weighted by Crippen LogP contribution is 2.34. The molecule has 0 bridgehead atoms. The molecule has 1 N–H and O–H groups in total. The number of benzene rings is 1. The molecule has 0 spiro atoms. The Labute approximate surface area is 169 Å². The normalized spacial score (nSPS) is 10.2. The number of hydrogen-bond donors (Lipinski definition) is 1. The molecule has 29 heavy (non-hydrogen) atoms. The van der Waals surface area contributed by atoms with Gasteiger partial charge in [-0.15, -0.1) is 11.3 Å². The molecule has 1 amide bonds. The number of nitro groups is 1. The number of nitrogens with zero attached hydrogens (tertiary/aromatic N) is 1. The monoisotopic (exact) mass is 422 g/mol. The smallest absolute Gasteiger partial charge is 0.348 e. The van der Waals surface area contributed by atoms with Gasteiger partial charge in [-0.25, -0.2) is 9.59 Å². The lowest BCUT2D eigenvalue weighted by Gasteiger charge is -2.08. The molecule has 0 aliphatic carbocycles. The predicted molar refractivity (Wildman–Crippen MR) is 104 cm³/mol. The Bertz CT molecular complexity index is 936. The summed E-state index contributed by atoms with van der Waals surface area (Å²) < 4.78 is 15.0. The first-order valence-electron chi connectivity index (χ1n) is 8.34. The number of thiophene rings is 1. The zero-order valence-electron chi connectivity index (χ0n) is 15.8. The van der Waals surface area contributed by atoms with Gasteiger partial charge in [0.15, 0.2) is 6.61 Å². The van der Waals surface area contributed by atoms with Crippen LogP contribution >= 0.6 is 11.3 Å². The molecule has 0 saturated heterocycles. The van der Waals surface area contributed by atoms with Gasteiger partial charge in [-0.1, -0.05) is 0 Å². The van der Waals surface area contributed by atoms with Crippen LogP contribution in [0.3, 0.4) is 0 Å². The third kappa shape index (κ3) is 5.29. The maximum absolute atomic E-state index is 12.3. The number of nitrogens with one attached hydrogen (secondary N) is 1. The molecule has 11 heteroatoms. The molecule has 1 heterocycles. The molecule has 0 unspecified atom stereocenters. The third-order valence-corrected chi connectivity index (χ3v) is 4.85. The number of non-ortho nitro benzene ring substituents is 1. The van der Waals surface area contributed by atoms with Crippen LogP contribution in [-0.2, 0) is 14.3 Å². The van der Waals surface area contributed by atoms with Crippen molar-refractivity contribution in [2.75, 3.05) is 25.6 Å². The number of rotatable bonds is 8. The van der Waals surface area contributed by atoms with Crippen LogP contribution in [0.25, 0.3) is 0 Å². The molecule has 0 radical (unpaired) electrons. The lowest BCUT2D eigenvalue weighted by Crippen LogP contribution is -2.21. The van der Waals surface area contributed by atoms with Gasteiger partial charge in [0.1, 0.15) is 15.6 Å². The molecule has 2 aromatic rings. The highest BCUT2D eigenvalue weighted by atomic mass is 32.1. The summed E-state index contributed by atoms with van der Waals surface area (Å²) in [6.07, 6.45) is 0. The fourth-order valence-electron chi connectivity index (χ4n) is 2.31. The summed E-state index contributed by atoms with van der Waals surface area (Å²) in [5, 5.41) is 13.3. The van der Waals surface area contributed by atoms with Crippen LogP contribution < -0.4 is 10.1 Å². The van der Waals surface area contributed by atoms with E-state index in [4.69, 9.17) is 14.2 Å². The van der Waals surface area contributed by atoms with Crippen molar-refractivity contribution in [3.63, 3.8) is 0 Å². The van der Waals surface area contributed by atoms with E-state index in [-0.39, 0.29) is 33.5 Å². The SMILES string of the molecule is CCOC(=O)c1c(NC(=O)COc2ccc([N+](=O)[O-])cc2)sc(C(=O)OC)c1C. The fraction of sp³-hybridized carbons (Fsp3) is 0.278. The predicted octanol–water partition coefficient (Wildman–Crippen LogP) is 2.95. The van der Waals surface area contributed by atoms with Gasteiger partial charge in [-0.2, -0.15) is 0 Å². The number of carbonyl (C=O) groups is 3. The molecule has 1 aromatic carbocycles. The summed E-state index contributed by atoms with van der Waals surface area (Å²) in [5.41, 5.74) is 0.304. The van der Waals surface area contributed by atoms with E-state index in [1.807, 2.05) is 0 Å². The number of carbonyl (C=O) groups excluding carboxylic acids is 3. The van der Waals surface area contributed by atoms with Crippen molar-refractivity contribution < 1.29 is 33.5 Å². The average Bonchev–Trinajstić information content (AvgIpc) is 3.02. The van der Waals surface area contributed by atoms with Gasteiger partial charge in [-0.3, -0.25) is 14.9 Å². The average molecular weight is 422 g/mol. The Hall–Kier alpha value is -3.47. The largest absolute Gasteiger partial charge is 0.484 e. The molecular weight excluding hydrogens is 404 g/mol. The number of methoxy groups -OCH3 is 1. The maximum Gasteiger partial charge on any atom is 0.348 e. The zero-order valence-corrected chi connectivity index (χ0v) is 16.7. The van der Waals surface area contributed by atoms with Crippen LogP contribution in [0.15, 0.2) is 24.3 Å². The van der Waals surface area contributed by atoms with Gasteiger partial charge in [0.05, 0.1) is 24.2 Å². The number of anilines is 1. The minimum atomic E-state index is -0.678. The van der Waals surface area contributed by atoms with Crippen molar-refractivity contribution in [2.45, 2.75) is 13.8 Å². The summed E-state index contributed by atoms with van der Waals surface area (Å²) in [6, 6.07) is 5.22. The van der Waals surface area contributed by atoms with Crippen LogP contribution in [0.5, 0.6) is 5.75 Å². The summed E-state index contributed by atoms with van der Waals surface area (Å²) in [7, 11) is 1.21. The molecule has 154 valence electrons. The van der Waals surface area contributed by atoms with Crippen LogP contribution in [0.1, 0.15) is 32.5 Å². The van der Waals surface area contributed by atoms with Crippen molar-refractivity contribution in [3.8, 4) is 5.75 Å². The summed E-state index contributed by atoms with van der Waals surface area (Å²) in [5.74, 6) is -1.65. The lowest BCUT2D eigenvalue weighted by molar-refractivity contribution is -0.384. The molecule has 0 fully saturated rings. The summed E-state index contributed by atoms with van der Waals surface area (Å²) in [4.78, 5) is 46.7. The van der Waals surface area contributed by atoms with Crippen LogP contribution in [0.2, 0.25) is 0 Å². The minimum Gasteiger partial charge on any atom is -0.484 e. The first-order chi connectivity index (χ1) is 13.8. The molecule has 0 atom stereocenters. The van der Waals surface area contributed by atoms with E-state index < -0.39 is 29.4 Å². The number of nitro benzene ring substituents is 1. The second kappa shape index (κ2) is 9.64. The highest BCUT2D eigenvalue weighted by molar-refractivity contribution is 7.18. The van der Waals surface area contributed by atoms with Gasteiger partial charge in [-0.05, 0) is 31.5 Å². The van der Waals surface area contributed by atoms with Gasteiger partial charge >= 0.3 is 11.9 Å². The van der Waals surface area contributed by atoms with E-state index >= 15 is 0 Å². The summed E-state index contributed by atoms with van der Waals surface area (Å²) >= 11 is 0.890. The Morgan fingerprint density at radius 1 is 1.17 bits per heavy atom. The number of hydrogen-bond acceptors (Lipinski definition) is 9. The van der Waals surface area contributed by atoms with E-state index in [2.05, 4.69) is 5.32 Å². The second-order valence-electron chi connectivity index (χ2n) is 5.56. The fourth-order valence-corrected chi connectivity index (χ4v) is 3.44. The van der Waals surface area contributed by atoms with Gasteiger partial charge in [0.2, 0.25) is 0 Å².